The molecule has 7 heteroatoms. The molecule has 25 heavy (non-hydrogen) atoms. The molecule has 1 N–H and O–H groups in total. The molecule has 0 aromatic heterocycles. The van der Waals surface area contributed by atoms with Gasteiger partial charge in [-0.15, -0.1) is 0 Å². The molecule has 0 radical (unpaired) electrons. The van der Waals surface area contributed by atoms with Crippen LogP contribution >= 0.6 is 0 Å². The van der Waals surface area contributed by atoms with Gasteiger partial charge in [0, 0.05) is 43.7 Å². The molecule has 0 atom stereocenters. The summed E-state index contributed by atoms with van der Waals surface area (Å²) in [5.74, 6) is 0.0687. The molecule has 1 aliphatic heterocycles. The Hall–Kier alpha value is -2.54. The minimum atomic E-state index is -3.34. The lowest BCUT2D eigenvalue weighted by Gasteiger charge is -2.36. The number of sulfone groups is 1. The average molecular weight is 360 g/mol. The highest BCUT2D eigenvalue weighted by Crippen LogP contribution is 2.21. The third-order valence-electron chi connectivity index (χ3n) is 4.29. The van der Waals surface area contributed by atoms with Crippen LogP contribution in [0, 0.1) is 0 Å². The van der Waals surface area contributed by atoms with Gasteiger partial charge in [0.1, 0.15) is 5.75 Å². The van der Waals surface area contributed by atoms with Crippen molar-refractivity contribution in [2.75, 3.05) is 37.3 Å². The van der Waals surface area contributed by atoms with Crippen molar-refractivity contribution in [1.82, 2.24) is 4.90 Å². The summed E-state index contributed by atoms with van der Waals surface area (Å²) in [5.41, 5.74) is 1.39. The molecule has 1 amide bonds. The lowest BCUT2D eigenvalue weighted by molar-refractivity contribution is 0.0746. The number of hydrogen-bond acceptors (Lipinski definition) is 5. The lowest BCUT2D eigenvalue weighted by Crippen LogP contribution is -2.48. The molecule has 1 saturated heterocycles. The van der Waals surface area contributed by atoms with Gasteiger partial charge in [-0.3, -0.25) is 4.79 Å². The first-order valence-corrected chi connectivity index (χ1v) is 9.87. The number of benzene rings is 2. The van der Waals surface area contributed by atoms with Gasteiger partial charge in [0.2, 0.25) is 0 Å². The number of piperazine rings is 1. The maximum Gasteiger partial charge on any atom is 0.254 e. The van der Waals surface area contributed by atoms with Gasteiger partial charge < -0.3 is 14.9 Å². The van der Waals surface area contributed by atoms with Gasteiger partial charge in [-0.1, -0.05) is 6.07 Å². The fraction of sp³-hybridized carbons (Fsp3) is 0.278. The fourth-order valence-corrected chi connectivity index (χ4v) is 3.54. The van der Waals surface area contributed by atoms with Crippen LogP contribution in [0.15, 0.2) is 53.4 Å². The van der Waals surface area contributed by atoms with Crippen LogP contribution in [-0.4, -0.2) is 56.8 Å². The molecule has 2 aromatic rings. The van der Waals surface area contributed by atoms with Crippen LogP contribution in [-0.2, 0) is 9.84 Å². The molecule has 0 unspecified atom stereocenters. The second-order valence-corrected chi connectivity index (χ2v) is 8.11. The highest BCUT2D eigenvalue weighted by Gasteiger charge is 2.23. The third kappa shape index (κ3) is 3.93. The van der Waals surface area contributed by atoms with E-state index in [4.69, 9.17) is 0 Å². The molecule has 132 valence electrons. The number of rotatable bonds is 3. The van der Waals surface area contributed by atoms with E-state index in [2.05, 4.69) is 4.90 Å². The van der Waals surface area contributed by atoms with E-state index in [1.54, 1.807) is 29.2 Å². The van der Waals surface area contributed by atoms with Crippen molar-refractivity contribution in [3.8, 4) is 5.75 Å². The molecule has 0 spiro atoms. The monoisotopic (exact) mass is 360 g/mol. The summed E-state index contributed by atoms with van der Waals surface area (Å²) in [4.78, 5) is 16.7. The first-order valence-electron chi connectivity index (χ1n) is 7.98. The SMILES string of the molecule is CS(=O)(=O)c1cccc(C(=O)N2CCN(c3ccc(O)cc3)CC2)c1. The molecule has 1 fully saturated rings. The van der Waals surface area contributed by atoms with E-state index in [-0.39, 0.29) is 16.6 Å². The average Bonchev–Trinajstić information content (AvgIpc) is 2.61. The Balaban J connectivity index is 1.68. The summed E-state index contributed by atoms with van der Waals surface area (Å²) < 4.78 is 23.3. The zero-order valence-corrected chi connectivity index (χ0v) is 14.7. The Labute approximate surface area is 147 Å². The maximum absolute atomic E-state index is 12.6. The van der Waals surface area contributed by atoms with Crippen molar-refractivity contribution < 1.29 is 18.3 Å². The number of aromatic hydroxyl groups is 1. The number of hydrogen-bond donors (Lipinski definition) is 1. The van der Waals surface area contributed by atoms with Crippen LogP contribution in [0.1, 0.15) is 10.4 Å². The molecule has 0 aliphatic carbocycles. The van der Waals surface area contributed by atoms with Crippen molar-refractivity contribution in [2.24, 2.45) is 0 Å². The second-order valence-electron chi connectivity index (χ2n) is 6.10. The fourth-order valence-electron chi connectivity index (χ4n) is 2.87. The summed E-state index contributed by atoms with van der Waals surface area (Å²) in [5, 5.41) is 9.36. The molecule has 1 heterocycles. The topological polar surface area (TPSA) is 77.9 Å². The number of carbonyl (C=O) groups is 1. The number of nitrogens with zero attached hydrogens (tertiary/aromatic N) is 2. The molecule has 0 saturated carbocycles. The second kappa shape index (κ2) is 6.76. The van der Waals surface area contributed by atoms with E-state index in [1.165, 1.54) is 12.1 Å². The van der Waals surface area contributed by atoms with Crippen molar-refractivity contribution in [2.45, 2.75) is 4.90 Å². The van der Waals surface area contributed by atoms with Crippen molar-refractivity contribution >= 4 is 21.4 Å². The quantitative estimate of drug-likeness (QED) is 0.902. The molecule has 2 aromatic carbocycles. The third-order valence-corrected chi connectivity index (χ3v) is 5.40. The zero-order chi connectivity index (χ0) is 18.0. The highest BCUT2D eigenvalue weighted by atomic mass is 32.2. The molecular weight excluding hydrogens is 340 g/mol. The van der Waals surface area contributed by atoms with Gasteiger partial charge in [-0.25, -0.2) is 8.42 Å². The van der Waals surface area contributed by atoms with Crippen molar-refractivity contribution in [1.29, 1.82) is 0 Å². The number of anilines is 1. The molecule has 3 rings (SSSR count). The summed E-state index contributed by atoms with van der Waals surface area (Å²) in [6.07, 6.45) is 1.13. The first-order chi connectivity index (χ1) is 11.8. The number of phenolic OH excluding ortho intramolecular Hbond substituents is 1. The van der Waals surface area contributed by atoms with Gasteiger partial charge >= 0.3 is 0 Å². The van der Waals surface area contributed by atoms with Crippen molar-refractivity contribution in [3.63, 3.8) is 0 Å². The maximum atomic E-state index is 12.6. The van der Waals surface area contributed by atoms with Crippen LogP contribution in [0.5, 0.6) is 5.75 Å². The first kappa shape index (κ1) is 17.3. The zero-order valence-electron chi connectivity index (χ0n) is 13.9. The Morgan fingerprint density at radius 2 is 1.64 bits per heavy atom. The highest BCUT2D eigenvalue weighted by molar-refractivity contribution is 7.90. The predicted octanol–water partition coefficient (Wildman–Crippen LogP) is 1.76. The normalized spacial score (nSPS) is 15.2. The number of carbonyl (C=O) groups excluding carboxylic acids is 1. The largest absolute Gasteiger partial charge is 0.508 e. The Morgan fingerprint density at radius 3 is 2.24 bits per heavy atom. The minimum Gasteiger partial charge on any atom is -0.508 e. The standard InChI is InChI=1S/C18H20N2O4S/c1-25(23,24)17-4-2-3-14(13-17)18(22)20-11-9-19(10-12-20)15-5-7-16(21)8-6-15/h2-8,13,21H,9-12H2,1H3. The van der Waals surface area contributed by atoms with Gasteiger partial charge in [0.15, 0.2) is 9.84 Å². The van der Waals surface area contributed by atoms with Crippen LogP contribution in [0.25, 0.3) is 0 Å². The summed E-state index contributed by atoms with van der Waals surface area (Å²) in [6, 6.07) is 13.1. The Morgan fingerprint density at radius 1 is 1.00 bits per heavy atom. The van der Waals surface area contributed by atoms with E-state index in [0.29, 0.717) is 31.7 Å². The summed E-state index contributed by atoms with van der Waals surface area (Å²) >= 11 is 0. The summed E-state index contributed by atoms with van der Waals surface area (Å²) in [7, 11) is -3.34. The van der Waals surface area contributed by atoms with Crippen LogP contribution in [0.3, 0.4) is 0 Å². The van der Waals surface area contributed by atoms with Crippen LogP contribution < -0.4 is 4.90 Å². The lowest BCUT2D eigenvalue weighted by atomic mass is 10.1. The van der Waals surface area contributed by atoms with Gasteiger partial charge in [-0.2, -0.15) is 0 Å². The smallest absolute Gasteiger partial charge is 0.254 e. The van der Waals surface area contributed by atoms with Crippen LogP contribution in [0.4, 0.5) is 5.69 Å². The van der Waals surface area contributed by atoms with Gasteiger partial charge in [-0.05, 0) is 42.5 Å². The van der Waals surface area contributed by atoms with E-state index in [0.717, 1.165) is 11.9 Å². The minimum absolute atomic E-state index is 0.154. The van der Waals surface area contributed by atoms with Gasteiger partial charge in [0.05, 0.1) is 4.90 Å². The Kier molecular flexibility index (Phi) is 4.67. The summed E-state index contributed by atoms with van der Waals surface area (Å²) in [6.45, 7) is 2.48. The van der Waals surface area contributed by atoms with Crippen molar-refractivity contribution in [3.05, 3.63) is 54.1 Å². The Bertz CT molecular complexity index is 870. The number of amides is 1. The predicted molar refractivity (Wildman–Crippen MR) is 95.8 cm³/mol. The van der Waals surface area contributed by atoms with E-state index in [1.807, 2.05) is 12.1 Å². The molecular formula is C18H20N2O4S. The van der Waals surface area contributed by atoms with Gasteiger partial charge in [0.25, 0.3) is 5.91 Å². The molecule has 6 nitrogen and oxygen atoms in total. The number of phenols is 1. The molecule has 1 aliphatic rings. The van der Waals surface area contributed by atoms with Crippen LogP contribution in [0.2, 0.25) is 0 Å². The van der Waals surface area contributed by atoms with E-state index < -0.39 is 9.84 Å². The molecule has 0 bridgehead atoms. The van der Waals surface area contributed by atoms with E-state index >= 15 is 0 Å². The van der Waals surface area contributed by atoms with E-state index in [9.17, 15) is 18.3 Å².